The second kappa shape index (κ2) is 5.82. The number of amides is 1. The quantitative estimate of drug-likeness (QED) is 0.868. The first-order chi connectivity index (χ1) is 7.95. The Balaban J connectivity index is 2.88. The lowest BCUT2D eigenvalue weighted by Crippen LogP contribution is -2.32. The van der Waals surface area contributed by atoms with Gasteiger partial charge in [-0.3, -0.25) is 4.79 Å². The van der Waals surface area contributed by atoms with Gasteiger partial charge in [0.25, 0.3) is 0 Å². The van der Waals surface area contributed by atoms with Crippen molar-refractivity contribution < 1.29 is 4.79 Å². The van der Waals surface area contributed by atoms with Crippen LogP contribution in [0.4, 0.5) is 5.69 Å². The SMILES string of the molecule is Cc1cc(C)cc(N(C)C(=O)C(C)CCN)c1. The molecule has 0 saturated heterocycles. The van der Waals surface area contributed by atoms with Crippen LogP contribution in [0, 0.1) is 19.8 Å². The number of rotatable bonds is 4. The zero-order valence-electron chi connectivity index (χ0n) is 11.2. The summed E-state index contributed by atoms with van der Waals surface area (Å²) in [6.07, 6.45) is 0.730. The molecule has 0 aliphatic rings. The van der Waals surface area contributed by atoms with Crippen LogP contribution in [0.3, 0.4) is 0 Å². The Bertz CT molecular complexity index is 381. The third kappa shape index (κ3) is 3.56. The summed E-state index contributed by atoms with van der Waals surface area (Å²) in [6.45, 7) is 6.55. The van der Waals surface area contributed by atoms with E-state index in [1.807, 2.05) is 40.0 Å². The minimum atomic E-state index is -0.0224. The summed E-state index contributed by atoms with van der Waals surface area (Å²) in [5.41, 5.74) is 8.78. The molecular formula is C14H22N2O. The lowest BCUT2D eigenvalue weighted by Gasteiger charge is -2.22. The standard InChI is InChI=1S/C14H22N2O/c1-10-7-11(2)9-13(8-10)16(4)14(17)12(3)5-6-15/h7-9,12H,5-6,15H2,1-4H3. The van der Waals surface area contributed by atoms with Crippen LogP contribution in [0.15, 0.2) is 18.2 Å². The number of hydrogen-bond donors (Lipinski definition) is 1. The molecule has 2 N–H and O–H groups in total. The van der Waals surface area contributed by atoms with Gasteiger partial charge in [-0.05, 0) is 50.1 Å². The molecule has 0 aromatic heterocycles. The Kier molecular flexibility index (Phi) is 4.70. The summed E-state index contributed by atoms with van der Waals surface area (Å²) in [5.74, 6) is 0.103. The first-order valence-corrected chi connectivity index (χ1v) is 6.01. The number of anilines is 1. The molecule has 0 aliphatic carbocycles. The fourth-order valence-corrected chi connectivity index (χ4v) is 1.98. The van der Waals surface area contributed by atoms with E-state index in [-0.39, 0.29) is 11.8 Å². The molecule has 1 atom stereocenters. The third-order valence-electron chi connectivity index (χ3n) is 2.95. The van der Waals surface area contributed by atoms with E-state index < -0.39 is 0 Å². The Morgan fingerprint density at radius 1 is 1.29 bits per heavy atom. The predicted molar refractivity (Wildman–Crippen MR) is 72.2 cm³/mol. The highest BCUT2D eigenvalue weighted by molar-refractivity contribution is 5.94. The van der Waals surface area contributed by atoms with Gasteiger partial charge in [-0.25, -0.2) is 0 Å². The van der Waals surface area contributed by atoms with E-state index in [1.165, 1.54) is 11.1 Å². The minimum absolute atomic E-state index is 0.0224. The Labute approximate surface area is 104 Å². The molecule has 17 heavy (non-hydrogen) atoms. The largest absolute Gasteiger partial charge is 0.330 e. The van der Waals surface area contributed by atoms with E-state index in [0.29, 0.717) is 6.54 Å². The molecule has 94 valence electrons. The van der Waals surface area contributed by atoms with Crippen LogP contribution in [-0.2, 0) is 4.79 Å². The maximum atomic E-state index is 12.1. The molecule has 1 aromatic rings. The molecule has 1 aromatic carbocycles. The number of aryl methyl sites for hydroxylation is 2. The summed E-state index contributed by atoms with van der Waals surface area (Å²) in [7, 11) is 1.82. The molecule has 0 bridgehead atoms. The van der Waals surface area contributed by atoms with Crippen LogP contribution in [-0.4, -0.2) is 19.5 Å². The van der Waals surface area contributed by atoms with E-state index in [2.05, 4.69) is 6.07 Å². The molecule has 3 heteroatoms. The summed E-state index contributed by atoms with van der Waals surface area (Å²) >= 11 is 0. The van der Waals surface area contributed by atoms with Gasteiger partial charge in [-0.15, -0.1) is 0 Å². The van der Waals surface area contributed by atoms with E-state index in [4.69, 9.17) is 5.73 Å². The van der Waals surface area contributed by atoms with Gasteiger partial charge in [0.05, 0.1) is 0 Å². The van der Waals surface area contributed by atoms with Gasteiger partial charge in [0.1, 0.15) is 0 Å². The average molecular weight is 234 g/mol. The van der Waals surface area contributed by atoms with Crippen molar-refractivity contribution in [2.45, 2.75) is 27.2 Å². The van der Waals surface area contributed by atoms with Crippen molar-refractivity contribution in [3.8, 4) is 0 Å². The maximum absolute atomic E-state index is 12.1. The summed E-state index contributed by atoms with van der Waals surface area (Å²) in [5, 5.41) is 0. The molecule has 0 spiro atoms. The molecule has 1 amide bonds. The predicted octanol–water partition coefficient (Wildman–Crippen LogP) is 2.25. The molecule has 0 aliphatic heterocycles. The Hall–Kier alpha value is -1.35. The van der Waals surface area contributed by atoms with Crippen LogP contribution < -0.4 is 10.6 Å². The summed E-state index contributed by atoms with van der Waals surface area (Å²) < 4.78 is 0. The molecule has 0 saturated carbocycles. The molecule has 0 fully saturated rings. The third-order valence-corrected chi connectivity index (χ3v) is 2.95. The highest BCUT2D eigenvalue weighted by atomic mass is 16.2. The topological polar surface area (TPSA) is 46.3 Å². The number of nitrogens with zero attached hydrogens (tertiary/aromatic N) is 1. The van der Waals surface area contributed by atoms with E-state index >= 15 is 0 Å². The fraction of sp³-hybridized carbons (Fsp3) is 0.500. The maximum Gasteiger partial charge on any atom is 0.229 e. The normalized spacial score (nSPS) is 12.3. The molecule has 0 radical (unpaired) electrons. The van der Waals surface area contributed by atoms with E-state index in [1.54, 1.807) is 4.90 Å². The van der Waals surface area contributed by atoms with Crippen molar-refractivity contribution >= 4 is 11.6 Å². The first-order valence-electron chi connectivity index (χ1n) is 6.01. The zero-order valence-corrected chi connectivity index (χ0v) is 11.2. The lowest BCUT2D eigenvalue weighted by molar-refractivity contribution is -0.121. The first kappa shape index (κ1) is 13.7. The van der Waals surface area contributed by atoms with Gasteiger partial charge < -0.3 is 10.6 Å². The van der Waals surface area contributed by atoms with Gasteiger partial charge in [-0.2, -0.15) is 0 Å². The molecule has 1 unspecified atom stereocenters. The van der Waals surface area contributed by atoms with Crippen molar-refractivity contribution in [3.05, 3.63) is 29.3 Å². The monoisotopic (exact) mass is 234 g/mol. The highest BCUT2D eigenvalue weighted by Crippen LogP contribution is 2.19. The Morgan fingerprint density at radius 3 is 2.29 bits per heavy atom. The number of carbonyl (C=O) groups excluding carboxylic acids is 1. The van der Waals surface area contributed by atoms with Crippen LogP contribution in [0.1, 0.15) is 24.5 Å². The van der Waals surface area contributed by atoms with Gasteiger partial charge in [0.2, 0.25) is 5.91 Å². The van der Waals surface area contributed by atoms with Crippen LogP contribution in [0.2, 0.25) is 0 Å². The number of nitrogens with two attached hydrogens (primary N) is 1. The Morgan fingerprint density at radius 2 is 1.82 bits per heavy atom. The zero-order chi connectivity index (χ0) is 13.0. The van der Waals surface area contributed by atoms with Gasteiger partial charge >= 0.3 is 0 Å². The molecular weight excluding hydrogens is 212 g/mol. The van der Waals surface area contributed by atoms with Crippen molar-refractivity contribution in [2.24, 2.45) is 11.7 Å². The minimum Gasteiger partial charge on any atom is -0.330 e. The van der Waals surface area contributed by atoms with Crippen molar-refractivity contribution in [1.29, 1.82) is 0 Å². The van der Waals surface area contributed by atoms with Gasteiger partial charge in [-0.1, -0.05) is 13.0 Å². The second-order valence-corrected chi connectivity index (χ2v) is 4.72. The van der Waals surface area contributed by atoms with Gasteiger partial charge in [0, 0.05) is 18.7 Å². The highest BCUT2D eigenvalue weighted by Gasteiger charge is 2.18. The van der Waals surface area contributed by atoms with Crippen LogP contribution >= 0.6 is 0 Å². The van der Waals surface area contributed by atoms with Gasteiger partial charge in [0.15, 0.2) is 0 Å². The van der Waals surface area contributed by atoms with Crippen molar-refractivity contribution in [3.63, 3.8) is 0 Å². The summed E-state index contributed by atoms with van der Waals surface area (Å²) in [6, 6.07) is 6.16. The van der Waals surface area contributed by atoms with Crippen LogP contribution in [0.25, 0.3) is 0 Å². The number of carbonyl (C=O) groups is 1. The summed E-state index contributed by atoms with van der Waals surface area (Å²) in [4.78, 5) is 13.8. The molecule has 0 heterocycles. The fourth-order valence-electron chi connectivity index (χ4n) is 1.98. The molecule has 1 rings (SSSR count). The second-order valence-electron chi connectivity index (χ2n) is 4.72. The number of benzene rings is 1. The van der Waals surface area contributed by atoms with E-state index in [0.717, 1.165) is 12.1 Å². The van der Waals surface area contributed by atoms with Crippen molar-refractivity contribution in [1.82, 2.24) is 0 Å². The van der Waals surface area contributed by atoms with Crippen LogP contribution in [0.5, 0.6) is 0 Å². The number of hydrogen-bond acceptors (Lipinski definition) is 2. The average Bonchev–Trinajstić information content (AvgIpc) is 2.26. The smallest absolute Gasteiger partial charge is 0.229 e. The lowest BCUT2D eigenvalue weighted by atomic mass is 10.1. The molecule has 3 nitrogen and oxygen atoms in total. The van der Waals surface area contributed by atoms with E-state index in [9.17, 15) is 4.79 Å². The van der Waals surface area contributed by atoms with Crippen molar-refractivity contribution in [2.75, 3.05) is 18.5 Å².